The van der Waals surface area contributed by atoms with Crippen molar-refractivity contribution >= 4 is 34.2 Å². The fourth-order valence-corrected chi connectivity index (χ4v) is 3.07. The Balaban J connectivity index is 2.04. The van der Waals surface area contributed by atoms with Crippen molar-refractivity contribution < 1.29 is 9.72 Å². The zero-order valence-electron chi connectivity index (χ0n) is 13.7. The first-order valence-corrected chi connectivity index (χ1v) is 8.81. The summed E-state index contributed by atoms with van der Waals surface area (Å²) in [4.78, 5) is 48.0. The molecule has 3 aromatic rings. The number of benzene rings is 2. The number of hydrogen-bond donors (Lipinski definition) is 0. The summed E-state index contributed by atoms with van der Waals surface area (Å²) < 4.78 is 2.03. The van der Waals surface area contributed by atoms with E-state index in [4.69, 9.17) is 0 Å². The maximum atomic E-state index is 12.7. The van der Waals surface area contributed by atoms with Gasteiger partial charge in [0, 0.05) is 23.9 Å². The lowest BCUT2D eigenvalue weighted by atomic mass is 10.2. The Morgan fingerprint density at radius 2 is 1.67 bits per heavy atom. The normalized spacial score (nSPS) is 10.6. The minimum absolute atomic E-state index is 0.0647. The van der Waals surface area contributed by atoms with E-state index in [1.54, 1.807) is 40.8 Å². The van der Waals surface area contributed by atoms with Gasteiger partial charge in [-0.3, -0.25) is 24.3 Å². The van der Waals surface area contributed by atoms with E-state index in [-0.39, 0.29) is 21.4 Å². The summed E-state index contributed by atoms with van der Waals surface area (Å²) in [7, 11) is 0. The van der Waals surface area contributed by atoms with Crippen molar-refractivity contribution in [3.63, 3.8) is 0 Å². The summed E-state index contributed by atoms with van der Waals surface area (Å²) in [6.07, 6.45) is 1.36. The van der Waals surface area contributed by atoms with Crippen LogP contribution >= 0.6 is 22.6 Å². The van der Waals surface area contributed by atoms with E-state index in [1.165, 1.54) is 47.2 Å². The van der Waals surface area contributed by atoms with Gasteiger partial charge in [0.2, 0.25) is 0 Å². The van der Waals surface area contributed by atoms with Crippen LogP contribution in [-0.2, 0) is 6.54 Å². The number of nitro benzene ring substituents is 1. The molecule has 0 saturated carbocycles. The topological polar surface area (TPSA) is 104 Å². The van der Waals surface area contributed by atoms with Crippen molar-refractivity contribution in [3.05, 3.63) is 106 Å². The Morgan fingerprint density at radius 1 is 1.04 bits per heavy atom. The minimum atomic E-state index is -0.771. The first-order chi connectivity index (χ1) is 12.9. The van der Waals surface area contributed by atoms with E-state index in [0.717, 1.165) is 0 Å². The Kier molecular flexibility index (Phi) is 5.31. The standard InChI is InChI=1S/C18H12IN3O5/c19-15-11-20(10-12-6-8-14(9-7-12)22(26)27)18(25)21(17(15)24)16(23)13-4-2-1-3-5-13/h1-9,11H,10H2. The van der Waals surface area contributed by atoms with Crippen molar-refractivity contribution in [2.75, 3.05) is 0 Å². The predicted octanol–water partition coefficient (Wildman–Crippen LogP) is 2.26. The molecule has 2 aromatic carbocycles. The maximum absolute atomic E-state index is 12.7. The van der Waals surface area contributed by atoms with Gasteiger partial charge in [-0.2, -0.15) is 4.57 Å². The van der Waals surface area contributed by atoms with Crippen LogP contribution in [-0.4, -0.2) is 20.0 Å². The number of nitrogens with zero attached hydrogens (tertiary/aromatic N) is 3. The quantitative estimate of drug-likeness (QED) is 0.326. The van der Waals surface area contributed by atoms with Gasteiger partial charge in [-0.15, -0.1) is 0 Å². The molecule has 0 radical (unpaired) electrons. The van der Waals surface area contributed by atoms with Crippen LogP contribution in [0.25, 0.3) is 0 Å². The second kappa shape index (κ2) is 7.66. The third-order valence-corrected chi connectivity index (χ3v) is 4.58. The zero-order chi connectivity index (χ0) is 19.6. The molecule has 0 amide bonds. The van der Waals surface area contributed by atoms with Crippen molar-refractivity contribution in [2.24, 2.45) is 0 Å². The van der Waals surface area contributed by atoms with Crippen LogP contribution in [0, 0.1) is 13.7 Å². The number of hydrogen-bond acceptors (Lipinski definition) is 5. The van der Waals surface area contributed by atoms with Crippen LogP contribution < -0.4 is 11.2 Å². The number of carbonyl (C=O) groups is 1. The van der Waals surface area contributed by atoms with Crippen LogP contribution in [0.5, 0.6) is 0 Å². The number of halogens is 1. The summed E-state index contributed by atoms with van der Waals surface area (Å²) in [5.74, 6) is -0.707. The van der Waals surface area contributed by atoms with Crippen LogP contribution in [0.2, 0.25) is 0 Å². The van der Waals surface area contributed by atoms with Crippen LogP contribution in [0.1, 0.15) is 15.9 Å². The van der Waals surface area contributed by atoms with Gasteiger partial charge in [-0.1, -0.05) is 30.3 Å². The summed E-state index contributed by atoms with van der Waals surface area (Å²) in [5, 5.41) is 10.7. The Hall–Kier alpha value is -3.08. The van der Waals surface area contributed by atoms with E-state index in [0.29, 0.717) is 10.1 Å². The van der Waals surface area contributed by atoms with E-state index in [2.05, 4.69) is 0 Å². The highest BCUT2D eigenvalue weighted by Crippen LogP contribution is 2.12. The molecule has 0 fully saturated rings. The van der Waals surface area contributed by atoms with Crippen molar-refractivity contribution in [3.8, 4) is 0 Å². The van der Waals surface area contributed by atoms with E-state index in [1.807, 2.05) is 0 Å². The van der Waals surface area contributed by atoms with E-state index in [9.17, 15) is 24.5 Å². The molecule has 0 aliphatic rings. The van der Waals surface area contributed by atoms with Gasteiger partial charge in [0.05, 0.1) is 15.0 Å². The van der Waals surface area contributed by atoms with Crippen LogP contribution in [0.15, 0.2) is 70.4 Å². The monoisotopic (exact) mass is 477 g/mol. The molecule has 0 spiro atoms. The molecule has 0 N–H and O–H groups in total. The lowest BCUT2D eigenvalue weighted by molar-refractivity contribution is -0.384. The highest BCUT2D eigenvalue weighted by molar-refractivity contribution is 14.1. The molecule has 136 valence electrons. The SMILES string of the molecule is O=C(c1ccccc1)n1c(=O)c(I)cn(Cc2ccc([N+](=O)[O-])cc2)c1=O. The molecule has 0 bridgehead atoms. The largest absolute Gasteiger partial charge is 0.338 e. The molecule has 1 aromatic heterocycles. The molecule has 0 aliphatic carbocycles. The number of nitro groups is 1. The first-order valence-electron chi connectivity index (χ1n) is 7.73. The zero-order valence-corrected chi connectivity index (χ0v) is 15.9. The molecule has 3 rings (SSSR count). The van der Waals surface area contributed by atoms with Crippen molar-refractivity contribution in [1.82, 2.24) is 9.13 Å². The van der Waals surface area contributed by atoms with Gasteiger partial charge in [0.15, 0.2) is 0 Å². The Labute approximate surface area is 166 Å². The average Bonchev–Trinajstić information content (AvgIpc) is 2.67. The summed E-state index contributed by atoms with van der Waals surface area (Å²) in [6.45, 7) is 0.0647. The number of rotatable bonds is 4. The molecule has 27 heavy (non-hydrogen) atoms. The lowest BCUT2D eigenvalue weighted by Gasteiger charge is -2.10. The molecule has 0 unspecified atom stereocenters. The van der Waals surface area contributed by atoms with Crippen molar-refractivity contribution in [1.29, 1.82) is 0 Å². The molecule has 0 aliphatic heterocycles. The molecule has 0 atom stereocenters. The Bertz CT molecular complexity index is 1130. The fraction of sp³-hybridized carbons (Fsp3) is 0.0556. The van der Waals surface area contributed by atoms with Crippen LogP contribution in [0.3, 0.4) is 0 Å². The molecule has 0 saturated heterocycles. The second-order valence-electron chi connectivity index (χ2n) is 5.62. The van der Waals surface area contributed by atoms with E-state index < -0.39 is 22.1 Å². The summed E-state index contributed by atoms with van der Waals surface area (Å²) >= 11 is 1.77. The highest BCUT2D eigenvalue weighted by atomic mass is 127. The molecule has 8 nitrogen and oxygen atoms in total. The number of non-ortho nitro benzene ring substituents is 1. The lowest BCUT2D eigenvalue weighted by Crippen LogP contribution is -2.44. The maximum Gasteiger partial charge on any atom is 0.338 e. The molecular weight excluding hydrogens is 465 g/mol. The van der Waals surface area contributed by atoms with Crippen molar-refractivity contribution in [2.45, 2.75) is 6.54 Å². The molecule has 1 heterocycles. The van der Waals surface area contributed by atoms with Gasteiger partial charge >= 0.3 is 5.69 Å². The fourth-order valence-electron chi connectivity index (χ4n) is 2.49. The Morgan fingerprint density at radius 3 is 2.26 bits per heavy atom. The molecule has 9 heteroatoms. The van der Waals surface area contributed by atoms with Gasteiger partial charge < -0.3 is 0 Å². The molecular formula is C18H12IN3O5. The first kappa shape index (κ1) is 18.7. The predicted molar refractivity (Wildman–Crippen MR) is 106 cm³/mol. The van der Waals surface area contributed by atoms with Crippen LogP contribution in [0.4, 0.5) is 5.69 Å². The third-order valence-electron chi connectivity index (χ3n) is 3.84. The van der Waals surface area contributed by atoms with Gasteiger partial charge in [-0.05, 0) is 40.3 Å². The minimum Gasteiger partial charge on any atom is -0.295 e. The number of aromatic nitrogens is 2. The highest BCUT2D eigenvalue weighted by Gasteiger charge is 2.18. The van der Waals surface area contributed by atoms with Gasteiger partial charge in [0.1, 0.15) is 0 Å². The number of carbonyl (C=O) groups excluding carboxylic acids is 1. The second-order valence-corrected chi connectivity index (χ2v) is 6.79. The third kappa shape index (κ3) is 3.87. The van der Waals surface area contributed by atoms with E-state index >= 15 is 0 Å². The average molecular weight is 477 g/mol. The van der Waals surface area contributed by atoms with Gasteiger partial charge in [-0.25, -0.2) is 4.79 Å². The summed E-state index contributed by atoms with van der Waals surface area (Å²) in [5.41, 5.74) is -0.677. The summed E-state index contributed by atoms with van der Waals surface area (Å²) in [6, 6.07) is 13.7. The smallest absolute Gasteiger partial charge is 0.295 e. The van der Waals surface area contributed by atoms with Gasteiger partial charge in [0.25, 0.3) is 17.2 Å².